The Labute approximate surface area is 135 Å². The third-order valence-electron chi connectivity index (χ3n) is 3.61. The molecular weight excluding hydrogens is 296 g/mol. The number of benzene rings is 2. The molecule has 0 radical (unpaired) electrons. The molecule has 3 rings (SSSR count). The van der Waals surface area contributed by atoms with E-state index in [0.29, 0.717) is 5.11 Å². The van der Waals surface area contributed by atoms with Crippen LogP contribution in [0.15, 0.2) is 36.4 Å². The Hall–Kier alpha value is -2.27. The van der Waals surface area contributed by atoms with Crippen LogP contribution in [0.5, 0.6) is 11.5 Å². The number of hydrogen-bond acceptors (Lipinski definition) is 3. The van der Waals surface area contributed by atoms with Gasteiger partial charge < -0.3 is 20.1 Å². The molecule has 1 heterocycles. The largest absolute Gasteiger partial charge is 0.454 e. The van der Waals surface area contributed by atoms with E-state index >= 15 is 0 Å². The highest BCUT2D eigenvalue weighted by Gasteiger charge is 2.14. The number of fused-ring (bicyclic) bond motifs is 1. The summed E-state index contributed by atoms with van der Waals surface area (Å²) in [6, 6.07) is 11.9. The number of nitrogens with one attached hydrogen (secondary N) is 2. The van der Waals surface area contributed by atoms with E-state index in [2.05, 4.69) is 42.7 Å². The van der Waals surface area contributed by atoms with E-state index in [1.165, 1.54) is 11.1 Å². The van der Waals surface area contributed by atoms with Crippen molar-refractivity contribution in [3.63, 3.8) is 0 Å². The molecular formula is C17H18N2O2S. The predicted molar refractivity (Wildman–Crippen MR) is 93.0 cm³/mol. The second kappa shape index (κ2) is 6.23. The minimum Gasteiger partial charge on any atom is -0.454 e. The number of hydrogen-bond donors (Lipinski definition) is 2. The van der Waals surface area contributed by atoms with Crippen molar-refractivity contribution in [3.8, 4) is 11.5 Å². The molecule has 0 atom stereocenters. The molecule has 5 heteroatoms. The first kappa shape index (κ1) is 14.7. The Kier molecular flexibility index (Phi) is 4.15. The highest BCUT2D eigenvalue weighted by Crippen LogP contribution is 2.34. The van der Waals surface area contributed by atoms with Gasteiger partial charge in [0.2, 0.25) is 6.79 Å². The third kappa shape index (κ3) is 2.99. The Bertz CT molecular complexity index is 716. The Balaban J connectivity index is 1.73. The molecule has 114 valence electrons. The molecule has 0 saturated heterocycles. The maximum atomic E-state index is 5.42. The standard InChI is InChI=1S/C17H18N2O2S/c1-3-12-6-4-5-11(2)16(12)19-17(22)18-13-7-8-14-15(9-13)21-10-20-14/h4-9H,3,10H2,1-2H3,(H2,18,19,22). The van der Waals surface area contributed by atoms with Gasteiger partial charge in [0.15, 0.2) is 16.6 Å². The van der Waals surface area contributed by atoms with E-state index in [-0.39, 0.29) is 6.79 Å². The van der Waals surface area contributed by atoms with Crippen LogP contribution in [0.25, 0.3) is 0 Å². The fourth-order valence-electron chi connectivity index (χ4n) is 2.45. The second-order valence-corrected chi connectivity index (χ2v) is 5.52. The lowest BCUT2D eigenvalue weighted by Gasteiger charge is -2.16. The van der Waals surface area contributed by atoms with Gasteiger partial charge in [-0.3, -0.25) is 0 Å². The fourth-order valence-corrected chi connectivity index (χ4v) is 2.67. The van der Waals surface area contributed by atoms with Crippen LogP contribution in [0.2, 0.25) is 0 Å². The zero-order valence-electron chi connectivity index (χ0n) is 12.6. The maximum absolute atomic E-state index is 5.42. The number of rotatable bonds is 3. The van der Waals surface area contributed by atoms with Gasteiger partial charge in [-0.1, -0.05) is 25.1 Å². The quantitative estimate of drug-likeness (QED) is 0.835. The van der Waals surface area contributed by atoms with E-state index in [1.54, 1.807) is 0 Å². The summed E-state index contributed by atoms with van der Waals surface area (Å²) in [5.41, 5.74) is 4.36. The molecule has 0 amide bonds. The molecule has 0 spiro atoms. The van der Waals surface area contributed by atoms with Gasteiger partial charge in [-0.15, -0.1) is 0 Å². The monoisotopic (exact) mass is 314 g/mol. The van der Waals surface area contributed by atoms with Crippen LogP contribution in [0, 0.1) is 6.92 Å². The molecule has 2 aromatic carbocycles. The van der Waals surface area contributed by atoms with Crippen molar-refractivity contribution in [1.29, 1.82) is 0 Å². The lowest BCUT2D eigenvalue weighted by molar-refractivity contribution is 0.174. The summed E-state index contributed by atoms with van der Waals surface area (Å²) in [4.78, 5) is 0. The van der Waals surface area contributed by atoms with Gasteiger partial charge in [-0.25, -0.2) is 0 Å². The van der Waals surface area contributed by atoms with Crippen molar-refractivity contribution in [2.75, 3.05) is 17.4 Å². The van der Waals surface area contributed by atoms with Crippen LogP contribution in [0.1, 0.15) is 18.1 Å². The molecule has 22 heavy (non-hydrogen) atoms. The highest BCUT2D eigenvalue weighted by molar-refractivity contribution is 7.80. The molecule has 0 fully saturated rings. The van der Waals surface area contributed by atoms with Crippen LogP contribution in [0.3, 0.4) is 0 Å². The van der Waals surface area contributed by atoms with Gasteiger partial charge in [0, 0.05) is 17.4 Å². The number of aryl methyl sites for hydroxylation is 2. The Morgan fingerprint density at radius 1 is 1.14 bits per heavy atom. The van der Waals surface area contributed by atoms with Crippen LogP contribution >= 0.6 is 12.2 Å². The Morgan fingerprint density at radius 2 is 1.95 bits per heavy atom. The molecule has 4 nitrogen and oxygen atoms in total. The van der Waals surface area contributed by atoms with Crippen molar-refractivity contribution in [3.05, 3.63) is 47.5 Å². The summed E-state index contributed by atoms with van der Waals surface area (Å²) in [5.74, 6) is 1.49. The summed E-state index contributed by atoms with van der Waals surface area (Å²) >= 11 is 5.42. The average Bonchev–Trinajstić information content (AvgIpc) is 2.97. The van der Waals surface area contributed by atoms with Crippen molar-refractivity contribution >= 4 is 28.7 Å². The van der Waals surface area contributed by atoms with Crippen LogP contribution in [-0.4, -0.2) is 11.9 Å². The molecule has 0 saturated carbocycles. The normalized spacial score (nSPS) is 12.1. The molecule has 0 aromatic heterocycles. The smallest absolute Gasteiger partial charge is 0.231 e. The minimum atomic E-state index is 0.268. The highest BCUT2D eigenvalue weighted by atomic mass is 32.1. The first-order valence-electron chi connectivity index (χ1n) is 7.23. The molecule has 2 aromatic rings. The molecule has 0 aliphatic carbocycles. The average molecular weight is 314 g/mol. The summed E-state index contributed by atoms with van der Waals surface area (Å²) in [6.07, 6.45) is 0.955. The van der Waals surface area contributed by atoms with Crippen molar-refractivity contribution in [2.24, 2.45) is 0 Å². The maximum Gasteiger partial charge on any atom is 0.231 e. The number of ether oxygens (including phenoxy) is 2. The zero-order valence-corrected chi connectivity index (χ0v) is 13.4. The van der Waals surface area contributed by atoms with Gasteiger partial charge in [0.1, 0.15) is 0 Å². The summed E-state index contributed by atoms with van der Waals surface area (Å²) in [6.45, 7) is 4.48. The number of thiocarbonyl (C=S) groups is 1. The van der Waals surface area contributed by atoms with Crippen molar-refractivity contribution in [1.82, 2.24) is 0 Å². The van der Waals surface area contributed by atoms with E-state index in [9.17, 15) is 0 Å². The summed E-state index contributed by atoms with van der Waals surface area (Å²) in [5, 5.41) is 7.04. The predicted octanol–water partition coefficient (Wildman–Crippen LogP) is 4.10. The summed E-state index contributed by atoms with van der Waals surface area (Å²) < 4.78 is 10.7. The van der Waals surface area contributed by atoms with Gasteiger partial charge in [0.05, 0.1) is 0 Å². The molecule has 2 N–H and O–H groups in total. The lowest BCUT2D eigenvalue weighted by atomic mass is 10.1. The van der Waals surface area contributed by atoms with Crippen LogP contribution < -0.4 is 20.1 Å². The van der Waals surface area contributed by atoms with E-state index in [1.807, 2.05) is 18.2 Å². The lowest BCUT2D eigenvalue weighted by Crippen LogP contribution is -2.20. The van der Waals surface area contributed by atoms with E-state index in [0.717, 1.165) is 29.3 Å². The zero-order chi connectivity index (χ0) is 15.5. The van der Waals surface area contributed by atoms with E-state index in [4.69, 9.17) is 21.7 Å². The number of anilines is 2. The fraction of sp³-hybridized carbons (Fsp3) is 0.235. The van der Waals surface area contributed by atoms with Crippen molar-refractivity contribution in [2.45, 2.75) is 20.3 Å². The first-order chi connectivity index (χ1) is 10.7. The summed E-state index contributed by atoms with van der Waals surface area (Å²) in [7, 11) is 0. The number of para-hydroxylation sites is 1. The van der Waals surface area contributed by atoms with Crippen LogP contribution in [-0.2, 0) is 6.42 Å². The molecule has 0 bridgehead atoms. The van der Waals surface area contributed by atoms with Gasteiger partial charge in [-0.05, 0) is 48.8 Å². The third-order valence-corrected chi connectivity index (χ3v) is 3.81. The van der Waals surface area contributed by atoms with Gasteiger partial charge in [0.25, 0.3) is 0 Å². The second-order valence-electron chi connectivity index (χ2n) is 5.11. The molecule has 1 aliphatic rings. The minimum absolute atomic E-state index is 0.268. The first-order valence-corrected chi connectivity index (χ1v) is 7.64. The van der Waals surface area contributed by atoms with Gasteiger partial charge in [-0.2, -0.15) is 0 Å². The van der Waals surface area contributed by atoms with Crippen LogP contribution in [0.4, 0.5) is 11.4 Å². The van der Waals surface area contributed by atoms with Crippen molar-refractivity contribution < 1.29 is 9.47 Å². The van der Waals surface area contributed by atoms with Gasteiger partial charge >= 0.3 is 0 Å². The Morgan fingerprint density at radius 3 is 2.77 bits per heavy atom. The topological polar surface area (TPSA) is 42.5 Å². The molecule has 0 unspecified atom stereocenters. The van der Waals surface area contributed by atoms with E-state index < -0.39 is 0 Å². The SMILES string of the molecule is CCc1cccc(C)c1NC(=S)Nc1ccc2c(c1)OCO2. The molecule has 1 aliphatic heterocycles.